The third kappa shape index (κ3) is 5.86. The second-order valence-electron chi connectivity index (χ2n) is 10.0. The Hall–Kier alpha value is -3.25. The van der Waals surface area contributed by atoms with Crippen LogP contribution in [-0.2, 0) is 22.3 Å². The van der Waals surface area contributed by atoms with Crippen LogP contribution in [0.1, 0.15) is 50.2 Å². The van der Waals surface area contributed by atoms with Gasteiger partial charge >= 0.3 is 0 Å². The number of rotatable bonds is 7. The summed E-state index contributed by atoms with van der Waals surface area (Å²) < 4.78 is 37.0. The summed E-state index contributed by atoms with van der Waals surface area (Å²) in [5.41, 5.74) is 2.22. The van der Waals surface area contributed by atoms with Gasteiger partial charge in [-0.15, -0.1) is 0 Å². The summed E-state index contributed by atoms with van der Waals surface area (Å²) in [6, 6.07) is 5.09. The highest BCUT2D eigenvalue weighted by atomic mass is 19.1. The molecule has 4 atom stereocenters. The van der Waals surface area contributed by atoms with E-state index in [2.05, 4.69) is 10.6 Å². The fourth-order valence-corrected chi connectivity index (χ4v) is 5.31. The van der Waals surface area contributed by atoms with E-state index in [-0.39, 0.29) is 31.1 Å². The van der Waals surface area contributed by atoms with Crippen molar-refractivity contribution in [3.63, 3.8) is 0 Å². The lowest BCUT2D eigenvalue weighted by Gasteiger charge is -2.28. The van der Waals surface area contributed by atoms with Gasteiger partial charge in [-0.2, -0.15) is 0 Å². The van der Waals surface area contributed by atoms with Crippen LogP contribution in [0.15, 0.2) is 24.3 Å². The molecule has 0 unspecified atom stereocenters. The van der Waals surface area contributed by atoms with Crippen LogP contribution in [0.5, 0.6) is 11.5 Å². The lowest BCUT2D eigenvalue weighted by atomic mass is 9.95. The van der Waals surface area contributed by atoms with Crippen LogP contribution in [0.3, 0.4) is 0 Å². The Kier molecular flexibility index (Phi) is 8.31. The van der Waals surface area contributed by atoms with Crippen molar-refractivity contribution in [1.29, 1.82) is 0 Å². The van der Waals surface area contributed by atoms with Gasteiger partial charge in [-0.1, -0.05) is 6.07 Å². The number of fused-ring (bicyclic) bond motifs is 1. The summed E-state index contributed by atoms with van der Waals surface area (Å²) in [7, 11) is 1.49. The predicted molar refractivity (Wildman–Crippen MR) is 137 cm³/mol. The molecule has 0 aromatic heterocycles. The SMILES string of the molecule is COc1c(C(=O)N[C@H]2CCOC[C@@H]2O)cc(Cc2ccc(C(=O)N[C@H]3CCOC[C@@H]3O)c(F)c2)c2c1CCO2. The normalized spacial score (nSPS) is 24.4. The van der Waals surface area contributed by atoms with E-state index in [1.54, 1.807) is 12.1 Å². The first-order chi connectivity index (χ1) is 18.9. The molecule has 0 saturated carbocycles. The van der Waals surface area contributed by atoms with E-state index in [1.807, 2.05) is 0 Å². The molecule has 2 aromatic carbocycles. The second kappa shape index (κ2) is 11.9. The topological polar surface area (TPSA) is 136 Å². The molecule has 3 heterocycles. The number of halogens is 1. The van der Waals surface area contributed by atoms with E-state index in [0.29, 0.717) is 67.3 Å². The van der Waals surface area contributed by atoms with Crippen LogP contribution in [-0.4, -0.2) is 86.5 Å². The Labute approximate surface area is 225 Å². The maximum Gasteiger partial charge on any atom is 0.255 e. The number of ether oxygens (including phenoxy) is 4. The number of hydrogen-bond donors (Lipinski definition) is 4. The van der Waals surface area contributed by atoms with Gasteiger partial charge in [0.15, 0.2) is 0 Å². The van der Waals surface area contributed by atoms with Gasteiger partial charge in [-0.25, -0.2) is 4.39 Å². The van der Waals surface area contributed by atoms with Crippen molar-refractivity contribution in [2.75, 3.05) is 40.1 Å². The summed E-state index contributed by atoms with van der Waals surface area (Å²) in [6.07, 6.45) is 0.0892. The highest BCUT2D eigenvalue weighted by molar-refractivity contribution is 5.98. The van der Waals surface area contributed by atoms with E-state index in [9.17, 15) is 19.8 Å². The maximum atomic E-state index is 15.1. The number of aliphatic hydroxyl groups is 2. The average Bonchev–Trinajstić information content (AvgIpc) is 3.41. The summed E-state index contributed by atoms with van der Waals surface area (Å²) in [5.74, 6) is -0.664. The molecule has 2 amide bonds. The van der Waals surface area contributed by atoms with Crippen LogP contribution in [0.4, 0.5) is 4.39 Å². The van der Waals surface area contributed by atoms with Gasteiger partial charge in [0.05, 0.1) is 62.3 Å². The van der Waals surface area contributed by atoms with Gasteiger partial charge in [0.1, 0.15) is 17.3 Å². The van der Waals surface area contributed by atoms with Crippen molar-refractivity contribution in [2.45, 2.75) is 50.0 Å². The van der Waals surface area contributed by atoms with Gasteiger partial charge in [0.2, 0.25) is 0 Å². The minimum Gasteiger partial charge on any atom is -0.495 e. The van der Waals surface area contributed by atoms with Crippen LogP contribution >= 0.6 is 0 Å². The lowest BCUT2D eigenvalue weighted by molar-refractivity contribution is -0.0261. The molecule has 4 N–H and O–H groups in total. The number of nitrogens with one attached hydrogen (secondary N) is 2. The fraction of sp³-hybridized carbons (Fsp3) is 0.500. The molecule has 0 aliphatic carbocycles. The molecule has 5 rings (SSSR count). The third-order valence-electron chi connectivity index (χ3n) is 7.41. The van der Waals surface area contributed by atoms with Crippen LogP contribution in [0, 0.1) is 5.82 Å². The smallest absolute Gasteiger partial charge is 0.255 e. The number of hydrogen-bond acceptors (Lipinski definition) is 8. The highest BCUT2D eigenvalue weighted by Gasteiger charge is 2.31. The van der Waals surface area contributed by atoms with Crippen LogP contribution in [0.25, 0.3) is 0 Å². The van der Waals surface area contributed by atoms with Crippen LogP contribution < -0.4 is 20.1 Å². The largest absolute Gasteiger partial charge is 0.495 e. The zero-order valence-electron chi connectivity index (χ0n) is 21.7. The van der Waals surface area contributed by atoms with E-state index in [4.69, 9.17) is 18.9 Å². The van der Waals surface area contributed by atoms with Crippen molar-refractivity contribution in [3.05, 3.63) is 57.9 Å². The number of carbonyl (C=O) groups is 2. The Bertz CT molecular complexity index is 1240. The molecule has 2 fully saturated rings. The number of carbonyl (C=O) groups excluding carboxylic acids is 2. The monoisotopic (exact) mass is 544 g/mol. The first-order valence-corrected chi connectivity index (χ1v) is 13.1. The molecule has 10 nitrogen and oxygen atoms in total. The Morgan fingerprint density at radius 1 is 0.974 bits per heavy atom. The summed E-state index contributed by atoms with van der Waals surface area (Å²) in [6.45, 7) is 1.55. The molecule has 11 heteroatoms. The zero-order valence-corrected chi connectivity index (χ0v) is 21.7. The molecule has 39 heavy (non-hydrogen) atoms. The first-order valence-electron chi connectivity index (χ1n) is 13.1. The number of amides is 2. The minimum atomic E-state index is -0.844. The van der Waals surface area contributed by atoms with Crippen molar-refractivity contribution in [1.82, 2.24) is 10.6 Å². The number of methoxy groups -OCH3 is 1. The maximum absolute atomic E-state index is 15.1. The van der Waals surface area contributed by atoms with Gasteiger partial charge in [0, 0.05) is 31.6 Å². The number of benzene rings is 2. The quantitative estimate of drug-likeness (QED) is 0.407. The third-order valence-corrected chi connectivity index (χ3v) is 7.41. The number of aliphatic hydroxyl groups excluding tert-OH is 2. The van der Waals surface area contributed by atoms with Gasteiger partial charge in [-0.05, 0) is 42.2 Å². The lowest BCUT2D eigenvalue weighted by Crippen LogP contribution is -2.48. The van der Waals surface area contributed by atoms with Gasteiger partial charge in [0.25, 0.3) is 11.8 Å². The van der Waals surface area contributed by atoms with Crippen molar-refractivity contribution >= 4 is 11.8 Å². The predicted octanol–water partition coefficient (Wildman–Crippen LogP) is 1.12. The van der Waals surface area contributed by atoms with E-state index < -0.39 is 36.0 Å². The van der Waals surface area contributed by atoms with Gasteiger partial charge in [-0.3, -0.25) is 9.59 Å². The molecule has 210 valence electrons. The van der Waals surface area contributed by atoms with E-state index in [1.165, 1.54) is 19.2 Å². The zero-order chi connectivity index (χ0) is 27.5. The van der Waals surface area contributed by atoms with E-state index in [0.717, 1.165) is 5.56 Å². The molecule has 2 saturated heterocycles. The Morgan fingerprint density at radius 3 is 2.21 bits per heavy atom. The second-order valence-corrected chi connectivity index (χ2v) is 10.0. The summed E-state index contributed by atoms with van der Waals surface area (Å²) in [4.78, 5) is 26.0. The van der Waals surface area contributed by atoms with Crippen molar-refractivity contribution in [3.8, 4) is 11.5 Å². The molecule has 3 aliphatic rings. The fourth-order valence-electron chi connectivity index (χ4n) is 5.31. The summed E-state index contributed by atoms with van der Waals surface area (Å²) in [5, 5.41) is 25.8. The standard InChI is InChI=1S/C28H33FN2O8/c1-36-26-18-4-9-39-25(18)16(12-19(26)28(35)31-22-6-8-38-14-24(22)33)10-15-2-3-17(20(29)11-15)27(34)30-21-5-7-37-13-23(21)32/h2-3,11-12,21-24,32-33H,4-10,13-14H2,1H3,(H,30,34)(H,31,35)/t21-,22-,23-,24-/m0/s1. The molecule has 0 spiro atoms. The average molecular weight is 545 g/mol. The minimum absolute atomic E-state index is 0.121. The van der Waals surface area contributed by atoms with Gasteiger partial charge < -0.3 is 39.8 Å². The highest BCUT2D eigenvalue weighted by Crippen LogP contribution is 2.40. The molecule has 0 radical (unpaired) electrons. The van der Waals surface area contributed by atoms with Crippen molar-refractivity contribution < 1.29 is 43.1 Å². The first kappa shape index (κ1) is 27.3. The molecular formula is C28H33FN2O8. The van der Waals surface area contributed by atoms with E-state index >= 15 is 4.39 Å². The van der Waals surface area contributed by atoms with Crippen LogP contribution in [0.2, 0.25) is 0 Å². The Morgan fingerprint density at radius 2 is 1.62 bits per heavy atom. The Balaban J connectivity index is 1.37. The molecule has 2 aromatic rings. The molecular weight excluding hydrogens is 511 g/mol. The molecule has 3 aliphatic heterocycles. The molecule has 0 bridgehead atoms. The van der Waals surface area contributed by atoms with Crippen molar-refractivity contribution in [2.24, 2.45) is 0 Å². The summed E-state index contributed by atoms with van der Waals surface area (Å²) >= 11 is 0.